The molecule has 5 unspecified atom stereocenters. The summed E-state index contributed by atoms with van der Waals surface area (Å²) >= 11 is 0. The molecule has 4 rings (SSSR count). The fourth-order valence-electron chi connectivity index (χ4n) is 4.90. The van der Waals surface area contributed by atoms with Crippen molar-refractivity contribution in [2.75, 3.05) is 20.2 Å². The Morgan fingerprint density at radius 3 is 2.11 bits per heavy atom. The summed E-state index contributed by atoms with van der Waals surface area (Å²) in [5, 5.41) is 0. The van der Waals surface area contributed by atoms with Crippen LogP contribution in [0, 0.1) is 24.7 Å². The van der Waals surface area contributed by atoms with Crippen molar-refractivity contribution < 1.29 is 29.0 Å². The third-order valence-electron chi connectivity index (χ3n) is 6.92. The Morgan fingerprint density at radius 1 is 1.22 bits per heavy atom. The van der Waals surface area contributed by atoms with Gasteiger partial charge in [-0.2, -0.15) is 0 Å². The number of amides is 1. The van der Waals surface area contributed by atoms with Crippen molar-refractivity contribution >= 4 is 5.91 Å². The summed E-state index contributed by atoms with van der Waals surface area (Å²) in [5.41, 5.74) is 11.7. The Morgan fingerprint density at radius 2 is 1.78 bits per heavy atom. The van der Waals surface area contributed by atoms with Gasteiger partial charge in [0.15, 0.2) is 0 Å². The molecule has 6 heteroatoms. The molecule has 2 bridgehead atoms. The van der Waals surface area contributed by atoms with Crippen molar-refractivity contribution in [3.8, 4) is 0 Å². The predicted octanol–water partition coefficient (Wildman–Crippen LogP) is 3.21. The smallest absolute Gasteiger partial charge is 0.236 e. The number of ether oxygens (including phenoxy) is 1. The second-order valence-corrected chi connectivity index (χ2v) is 8.32. The molecule has 1 heterocycles. The Balaban J connectivity index is 0. The van der Waals surface area contributed by atoms with Crippen molar-refractivity contribution in [3.05, 3.63) is 7.43 Å². The zero-order valence-corrected chi connectivity index (χ0v) is 22.1. The summed E-state index contributed by atoms with van der Waals surface area (Å²) in [6.45, 7) is 14.0. The van der Waals surface area contributed by atoms with Gasteiger partial charge in [-0.05, 0) is 56.8 Å². The fourth-order valence-corrected chi connectivity index (χ4v) is 4.90. The minimum atomic E-state index is -0.0851. The topological polar surface area (TPSA) is 81.6 Å². The van der Waals surface area contributed by atoms with Gasteiger partial charge in [0.05, 0.1) is 12.1 Å². The minimum Gasteiger partial charge on any atom is -0.377 e. The van der Waals surface area contributed by atoms with Gasteiger partial charge in [0.2, 0.25) is 5.91 Å². The monoisotopic (exact) mass is 434 g/mol. The average molecular weight is 436 g/mol. The van der Waals surface area contributed by atoms with Gasteiger partial charge in [-0.3, -0.25) is 4.79 Å². The molecule has 0 radical (unpaired) electrons. The zero-order chi connectivity index (χ0) is 19.4. The van der Waals surface area contributed by atoms with Gasteiger partial charge in [-0.25, -0.2) is 0 Å². The molecule has 0 spiro atoms. The number of hydrogen-bond acceptors (Lipinski definition) is 4. The Labute approximate surface area is 181 Å². The summed E-state index contributed by atoms with van der Waals surface area (Å²) in [4.78, 5) is 12.9. The maximum atomic E-state index is 11.0. The number of nitrogens with two attached hydrogens (primary N) is 2. The van der Waals surface area contributed by atoms with Gasteiger partial charge in [-0.15, -0.1) is 0 Å². The largest absolute Gasteiger partial charge is 0.377 e. The van der Waals surface area contributed by atoms with Crippen LogP contribution in [0.1, 0.15) is 67.2 Å². The maximum absolute atomic E-state index is 11.0. The summed E-state index contributed by atoms with van der Waals surface area (Å²) in [6, 6.07) is 0.644. The van der Waals surface area contributed by atoms with Crippen LogP contribution in [0.15, 0.2) is 0 Å². The molecule has 5 nitrogen and oxygen atoms in total. The first-order valence-corrected chi connectivity index (χ1v) is 9.98. The summed E-state index contributed by atoms with van der Waals surface area (Å²) in [5.74, 6) is 1.57. The summed E-state index contributed by atoms with van der Waals surface area (Å²) in [7, 11) is 1.80. The van der Waals surface area contributed by atoms with E-state index in [-0.39, 0.29) is 51.0 Å². The van der Waals surface area contributed by atoms with Crippen molar-refractivity contribution in [2.24, 2.45) is 28.7 Å². The van der Waals surface area contributed by atoms with E-state index in [4.69, 9.17) is 16.2 Å². The molecule has 4 fully saturated rings. The number of nitrogens with zero attached hydrogens (tertiary/aromatic N) is 1. The Kier molecular flexibility index (Phi) is 12.8. The first kappa shape index (κ1) is 29.2. The van der Waals surface area contributed by atoms with Crippen molar-refractivity contribution in [2.45, 2.75) is 84.9 Å². The first-order valence-electron chi connectivity index (χ1n) is 9.98. The molecule has 3 aliphatic carbocycles. The molecule has 1 aliphatic heterocycles. The van der Waals surface area contributed by atoms with Crippen LogP contribution in [0.25, 0.3) is 0 Å². The summed E-state index contributed by atoms with van der Waals surface area (Å²) in [6.07, 6.45) is 4.71. The molecular weight excluding hydrogens is 392 g/mol. The van der Waals surface area contributed by atoms with Gasteiger partial charge in [0.25, 0.3) is 0 Å². The van der Waals surface area contributed by atoms with Crippen LogP contribution in [0.5, 0.6) is 0 Å². The Hall–Kier alpha value is -0.0266. The molecule has 0 aromatic carbocycles. The maximum Gasteiger partial charge on any atom is 0.236 e. The number of likely N-dealkylation sites (tertiary alicyclic amines) is 1. The molecule has 3 saturated carbocycles. The molecule has 0 aromatic rings. The standard InChI is InChI=1S/C11H21NO.C7H14N2O.C2H6.CH3.Zn/c1-10(2)7-5-8(10)11(3,13-4)9(12)6-7;1-6-3-2-4-9(6)7(10)5-8;1-2;;/h7-9H,5-6,12H2,1-4H3;6H,2-5,8H2,1H3;1-2H3;1H3;/q;;;-1;. The third-order valence-corrected chi connectivity index (χ3v) is 6.92. The predicted molar refractivity (Wildman–Crippen MR) is 111 cm³/mol. The van der Waals surface area contributed by atoms with Crippen LogP contribution in [0.4, 0.5) is 0 Å². The minimum absolute atomic E-state index is 0. The molecular formula is C21H44N3O2Zn-. The third kappa shape index (κ3) is 5.75. The van der Waals surface area contributed by atoms with Gasteiger partial charge in [-0.1, -0.05) is 27.7 Å². The van der Waals surface area contributed by atoms with Gasteiger partial charge < -0.3 is 28.5 Å². The number of carbonyl (C=O) groups is 1. The molecule has 158 valence electrons. The van der Waals surface area contributed by atoms with E-state index in [1.54, 1.807) is 7.11 Å². The normalized spacial score (nSPS) is 35.1. The molecule has 4 aliphatic rings. The fraction of sp³-hybridized carbons (Fsp3) is 0.905. The first-order chi connectivity index (χ1) is 11.7. The number of methoxy groups -OCH3 is 1. The summed E-state index contributed by atoms with van der Waals surface area (Å²) < 4.78 is 5.65. The molecule has 0 aromatic heterocycles. The second-order valence-electron chi connectivity index (χ2n) is 8.32. The van der Waals surface area contributed by atoms with Gasteiger partial charge in [0, 0.05) is 45.2 Å². The van der Waals surface area contributed by atoms with E-state index >= 15 is 0 Å². The van der Waals surface area contributed by atoms with E-state index in [2.05, 4.69) is 27.7 Å². The van der Waals surface area contributed by atoms with Crippen LogP contribution >= 0.6 is 0 Å². The molecule has 27 heavy (non-hydrogen) atoms. The van der Waals surface area contributed by atoms with Gasteiger partial charge in [0.1, 0.15) is 0 Å². The van der Waals surface area contributed by atoms with E-state index in [9.17, 15) is 4.79 Å². The van der Waals surface area contributed by atoms with Gasteiger partial charge >= 0.3 is 0 Å². The zero-order valence-electron chi connectivity index (χ0n) is 19.2. The second kappa shape index (κ2) is 11.8. The molecule has 1 saturated heterocycles. The molecule has 1 amide bonds. The van der Waals surface area contributed by atoms with Crippen LogP contribution in [-0.2, 0) is 29.0 Å². The van der Waals surface area contributed by atoms with Crippen LogP contribution in [-0.4, -0.2) is 48.7 Å². The van der Waals surface area contributed by atoms with E-state index in [1.807, 2.05) is 18.7 Å². The molecule has 4 N–H and O–H groups in total. The van der Waals surface area contributed by atoms with Crippen molar-refractivity contribution in [3.63, 3.8) is 0 Å². The average Bonchev–Trinajstić information content (AvgIpc) is 3.04. The molecule has 5 atom stereocenters. The van der Waals surface area contributed by atoms with E-state index in [0.29, 0.717) is 17.4 Å². The van der Waals surface area contributed by atoms with E-state index in [0.717, 1.165) is 31.7 Å². The number of hydrogen-bond donors (Lipinski definition) is 2. The van der Waals surface area contributed by atoms with Crippen LogP contribution in [0.2, 0.25) is 0 Å². The van der Waals surface area contributed by atoms with Crippen molar-refractivity contribution in [1.29, 1.82) is 0 Å². The Bertz CT molecular complexity index is 447. The van der Waals surface area contributed by atoms with E-state index < -0.39 is 0 Å². The van der Waals surface area contributed by atoms with Crippen molar-refractivity contribution in [1.82, 2.24) is 4.90 Å². The number of carbonyl (C=O) groups excluding carboxylic acids is 1. The van der Waals surface area contributed by atoms with Crippen LogP contribution in [0.3, 0.4) is 0 Å². The van der Waals surface area contributed by atoms with E-state index in [1.165, 1.54) is 6.42 Å². The number of rotatable bonds is 2. The quantitative estimate of drug-likeness (QED) is 0.515. The number of fused-ring (bicyclic) bond motifs is 2. The van der Waals surface area contributed by atoms with Crippen LogP contribution < -0.4 is 11.5 Å². The SMILES string of the molecule is CC.CC1CCCN1C(=O)CN.COC1(C)C(N)CC2CC1C2(C)C.[CH3-].[Zn].